The van der Waals surface area contributed by atoms with Gasteiger partial charge in [-0.25, -0.2) is 5.10 Å². The first kappa shape index (κ1) is 7.52. The van der Waals surface area contributed by atoms with Crippen LogP contribution in [0.1, 0.15) is 32.1 Å². The summed E-state index contributed by atoms with van der Waals surface area (Å²) in [7, 11) is 0. The maximum absolute atomic E-state index is 3.78. The highest BCUT2D eigenvalue weighted by Crippen LogP contribution is 2.19. The van der Waals surface area contributed by atoms with Crippen LogP contribution in [0.2, 0.25) is 0 Å². The fourth-order valence-electron chi connectivity index (χ4n) is 1.66. The van der Waals surface area contributed by atoms with Crippen molar-refractivity contribution in [2.75, 3.05) is 5.32 Å². The summed E-state index contributed by atoms with van der Waals surface area (Å²) in [6, 6.07) is 0.563. The highest BCUT2D eigenvalue weighted by atomic mass is 15.5. The third-order valence-corrected chi connectivity index (χ3v) is 2.29. The number of tetrazole rings is 1. The van der Waals surface area contributed by atoms with Crippen molar-refractivity contribution < 1.29 is 0 Å². The van der Waals surface area contributed by atoms with Crippen molar-refractivity contribution in [3.63, 3.8) is 0 Å². The number of aromatic nitrogens is 4. The van der Waals surface area contributed by atoms with E-state index in [-0.39, 0.29) is 0 Å². The second kappa shape index (κ2) is 3.51. The molecule has 1 fully saturated rings. The molecule has 0 saturated heterocycles. The molecule has 1 aromatic heterocycles. The minimum absolute atomic E-state index is 0.563. The predicted octanol–water partition coefficient (Wildman–Crippen LogP) is 0.944. The third kappa shape index (κ3) is 1.72. The van der Waals surface area contributed by atoms with Crippen LogP contribution in [0.4, 0.5) is 5.95 Å². The first-order valence-corrected chi connectivity index (χ1v) is 4.45. The Bertz CT molecular complexity index is 214. The Balaban J connectivity index is 1.86. The quantitative estimate of drug-likeness (QED) is 0.688. The molecule has 1 aliphatic rings. The lowest BCUT2D eigenvalue weighted by atomic mass is 9.96. The van der Waals surface area contributed by atoms with Crippen molar-refractivity contribution in [1.82, 2.24) is 20.6 Å². The Morgan fingerprint density at radius 1 is 1.25 bits per heavy atom. The minimum Gasteiger partial charge on any atom is -0.351 e. The summed E-state index contributed by atoms with van der Waals surface area (Å²) >= 11 is 0. The van der Waals surface area contributed by atoms with Gasteiger partial charge in [0.1, 0.15) is 0 Å². The Kier molecular flexibility index (Phi) is 2.20. The second-order valence-corrected chi connectivity index (χ2v) is 3.23. The number of H-pyrrole nitrogens is 1. The molecule has 1 heterocycles. The van der Waals surface area contributed by atoms with Gasteiger partial charge in [-0.15, -0.1) is 0 Å². The molecule has 12 heavy (non-hydrogen) atoms. The summed E-state index contributed by atoms with van der Waals surface area (Å²) in [6.45, 7) is 0. The van der Waals surface area contributed by atoms with Crippen molar-refractivity contribution >= 4 is 5.95 Å². The Hall–Kier alpha value is -1.13. The highest BCUT2D eigenvalue weighted by Gasteiger charge is 2.13. The zero-order valence-corrected chi connectivity index (χ0v) is 6.95. The van der Waals surface area contributed by atoms with Gasteiger partial charge < -0.3 is 5.32 Å². The van der Waals surface area contributed by atoms with Gasteiger partial charge in [0.15, 0.2) is 0 Å². The topological polar surface area (TPSA) is 66.5 Å². The molecule has 0 spiro atoms. The summed E-state index contributed by atoms with van der Waals surface area (Å²) in [4.78, 5) is 0. The predicted molar refractivity (Wildman–Crippen MR) is 44.7 cm³/mol. The zero-order valence-electron chi connectivity index (χ0n) is 6.95. The standard InChI is InChI=1S/C7H13N5/c1-2-4-6(5-3-1)8-7-9-11-12-10-7/h6H,1-5H2,(H2,8,9,10,11,12). The van der Waals surface area contributed by atoms with Gasteiger partial charge in [0, 0.05) is 6.04 Å². The highest BCUT2D eigenvalue weighted by molar-refractivity contribution is 5.21. The molecule has 0 radical (unpaired) electrons. The lowest BCUT2D eigenvalue weighted by Gasteiger charge is -2.21. The lowest BCUT2D eigenvalue weighted by Crippen LogP contribution is -2.22. The average molecular weight is 167 g/mol. The number of hydrogen-bond donors (Lipinski definition) is 2. The molecule has 0 unspecified atom stereocenters. The number of hydrogen-bond acceptors (Lipinski definition) is 4. The summed E-state index contributed by atoms with van der Waals surface area (Å²) < 4.78 is 0. The van der Waals surface area contributed by atoms with Crippen LogP contribution >= 0.6 is 0 Å². The van der Waals surface area contributed by atoms with Crippen LogP contribution in [0, 0.1) is 0 Å². The number of nitrogens with zero attached hydrogens (tertiary/aromatic N) is 3. The number of nitrogens with one attached hydrogen (secondary N) is 2. The van der Waals surface area contributed by atoms with E-state index >= 15 is 0 Å². The Labute approximate surface area is 70.9 Å². The van der Waals surface area contributed by atoms with Gasteiger partial charge >= 0.3 is 0 Å². The van der Waals surface area contributed by atoms with Crippen LogP contribution in [-0.2, 0) is 0 Å². The van der Waals surface area contributed by atoms with Gasteiger partial charge in [-0.1, -0.05) is 24.4 Å². The molecule has 2 N–H and O–H groups in total. The molecule has 1 saturated carbocycles. The van der Waals surface area contributed by atoms with Crippen molar-refractivity contribution in [2.45, 2.75) is 38.1 Å². The molecule has 0 aromatic carbocycles. The second-order valence-electron chi connectivity index (χ2n) is 3.23. The van der Waals surface area contributed by atoms with E-state index in [0.717, 1.165) is 0 Å². The van der Waals surface area contributed by atoms with Gasteiger partial charge in [0.25, 0.3) is 0 Å². The van der Waals surface area contributed by atoms with Crippen LogP contribution < -0.4 is 5.32 Å². The van der Waals surface area contributed by atoms with Crippen LogP contribution in [0.25, 0.3) is 0 Å². The Morgan fingerprint density at radius 3 is 2.75 bits per heavy atom. The van der Waals surface area contributed by atoms with Gasteiger partial charge in [-0.05, 0) is 23.3 Å². The van der Waals surface area contributed by atoms with Gasteiger partial charge in [0.2, 0.25) is 5.95 Å². The van der Waals surface area contributed by atoms with E-state index in [2.05, 4.69) is 25.9 Å². The number of aromatic amines is 1. The van der Waals surface area contributed by atoms with Gasteiger partial charge in [0.05, 0.1) is 0 Å². The van der Waals surface area contributed by atoms with Crippen molar-refractivity contribution in [3.8, 4) is 0 Å². The first-order chi connectivity index (χ1) is 5.95. The van der Waals surface area contributed by atoms with Crippen LogP contribution in [0.15, 0.2) is 0 Å². The molecule has 1 aliphatic carbocycles. The fourth-order valence-corrected chi connectivity index (χ4v) is 1.66. The van der Waals surface area contributed by atoms with Crippen LogP contribution in [0.3, 0.4) is 0 Å². The first-order valence-electron chi connectivity index (χ1n) is 4.45. The maximum Gasteiger partial charge on any atom is 0.240 e. The maximum atomic E-state index is 3.78. The molecule has 5 nitrogen and oxygen atoms in total. The summed E-state index contributed by atoms with van der Waals surface area (Å²) in [5.74, 6) is 0.696. The van der Waals surface area contributed by atoms with E-state index in [4.69, 9.17) is 0 Å². The molecule has 2 rings (SSSR count). The SMILES string of the molecule is C1CCC(Nc2nnn[nH]2)CC1. The molecular formula is C7H13N5. The van der Waals surface area contributed by atoms with E-state index in [9.17, 15) is 0 Å². The van der Waals surface area contributed by atoms with E-state index in [1.54, 1.807) is 0 Å². The monoisotopic (exact) mass is 167 g/mol. The van der Waals surface area contributed by atoms with E-state index in [0.29, 0.717) is 12.0 Å². The minimum atomic E-state index is 0.563. The van der Waals surface area contributed by atoms with E-state index in [1.807, 2.05) is 0 Å². The molecule has 0 atom stereocenters. The largest absolute Gasteiger partial charge is 0.351 e. The molecule has 0 bridgehead atoms. The van der Waals surface area contributed by atoms with Crippen molar-refractivity contribution in [2.24, 2.45) is 0 Å². The van der Waals surface area contributed by atoms with E-state index < -0.39 is 0 Å². The van der Waals surface area contributed by atoms with Gasteiger partial charge in [-0.3, -0.25) is 0 Å². The molecule has 66 valence electrons. The smallest absolute Gasteiger partial charge is 0.240 e. The molecule has 1 aromatic rings. The fraction of sp³-hybridized carbons (Fsp3) is 0.857. The number of anilines is 1. The normalized spacial score (nSPS) is 19.3. The van der Waals surface area contributed by atoms with Crippen LogP contribution in [0.5, 0.6) is 0 Å². The van der Waals surface area contributed by atoms with Gasteiger partial charge in [-0.2, -0.15) is 0 Å². The summed E-state index contributed by atoms with van der Waals surface area (Å²) in [6.07, 6.45) is 6.48. The van der Waals surface area contributed by atoms with Crippen molar-refractivity contribution in [1.29, 1.82) is 0 Å². The molecule has 0 amide bonds. The van der Waals surface area contributed by atoms with Crippen LogP contribution in [-0.4, -0.2) is 26.7 Å². The summed E-state index contributed by atoms with van der Waals surface area (Å²) in [5.41, 5.74) is 0. The lowest BCUT2D eigenvalue weighted by molar-refractivity contribution is 0.461. The zero-order chi connectivity index (χ0) is 8.23. The molecular weight excluding hydrogens is 154 g/mol. The molecule has 5 heteroatoms. The number of rotatable bonds is 2. The van der Waals surface area contributed by atoms with E-state index in [1.165, 1.54) is 32.1 Å². The summed E-state index contributed by atoms with van der Waals surface area (Å²) in [5, 5.41) is 16.8. The third-order valence-electron chi connectivity index (χ3n) is 2.29. The van der Waals surface area contributed by atoms with Crippen molar-refractivity contribution in [3.05, 3.63) is 0 Å². The average Bonchev–Trinajstić information content (AvgIpc) is 2.59. The molecule has 0 aliphatic heterocycles. The Morgan fingerprint density at radius 2 is 2.08 bits per heavy atom.